The van der Waals surface area contributed by atoms with Crippen LogP contribution in [0.1, 0.15) is 0 Å². The van der Waals surface area contributed by atoms with Crippen LogP contribution < -0.4 is 21.3 Å². The molecule has 16 atom stereocenters. The second-order valence-electron chi connectivity index (χ2n) is 11.4. The molecule has 0 amide bonds. The zero-order valence-electron chi connectivity index (χ0n) is 29.8. The third-order valence-electron chi connectivity index (χ3n) is 6.95. The van der Waals surface area contributed by atoms with Gasteiger partial charge in [0.25, 0.3) is 0 Å². The van der Waals surface area contributed by atoms with E-state index in [0.717, 1.165) is 0 Å². The number of likely N-dealkylation sites (N-methyl/N-ethyl adjacent to an activating group) is 4. The van der Waals surface area contributed by atoms with Crippen molar-refractivity contribution in [2.75, 3.05) is 80.8 Å². The fourth-order valence-electron chi connectivity index (χ4n) is 3.57. The smallest absolute Gasteiger partial charge is 0.111 e. The summed E-state index contributed by atoms with van der Waals surface area (Å²) in [5.41, 5.74) is 0. The van der Waals surface area contributed by atoms with E-state index in [4.69, 9.17) is 81.7 Å². The Morgan fingerprint density at radius 3 is 0.462 bits per heavy atom. The van der Waals surface area contributed by atoms with Gasteiger partial charge in [-0.2, -0.15) is 0 Å². The van der Waals surface area contributed by atoms with Crippen molar-refractivity contribution in [3.05, 3.63) is 0 Å². The average Bonchev–Trinajstić information content (AvgIpc) is 3.14. The molecule has 24 N–H and O–H groups in total. The van der Waals surface area contributed by atoms with Gasteiger partial charge in [0.05, 0.1) is 50.8 Å². The van der Waals surface area contributed by atoms with Gasteiger partial charge in [0.1, 0.15) is 73.2 Å². The number of aliphatic hydroxyl groups is 20. The molecular weight excluding hydrogens is 712 g/mol. The zero-order chi connectivity index (χ0) is 41.7. The molecule has 0 saturated heterocycles. The van der Waals surface area contributed by atoms with Crippen LogP contribution in [0.5, 0.6) is 0 Å². The quantitative estimate of drug-likeness (QED) is 0.0432. The van der Waals surface area contributed by atoms with Gasteiger partial charge in [0, 0.05) is 26.2 Å². The first kappa shape index (κ1) is 57.8. The van der Waals surface area contributed by atoms with E-state index < -0.39 is 124 Å². The van der Waals surface area contributed by atoms with Crippen LogP contribution in [0.25, 0.3) is 0 Å². The highest BCUT2D eigenvalue weighted by Gasteiger charge is 2.32. The highest BCUT2D eigenvalue weighted by Crippen LogP contribution is 2.06. The summed E-state index contributed by atoms with van der Waals surface area (Å²) < 4.78 is 0. The van der Waals surface area contributed by atoms with Gasteiger partial charge < -0.3 is 123 Å². The molecule has 0 spiro atoms. The molecule has 0 aromatic rings. The molecule has 0 aromatic heterocycles. The normalized spacial score (nSPS) is 20.8. The summed E-state index contributed by atoms with van der Waals surface area (Å²) in [5, 5.41) is 190. The lowest BCUT2D eigenvalue weighted by Gasteiger charge is -2.25. The highest BCUT2D eigenvalue weighted by molar-refractivity contribution is 4.83. The van der Waals surface area contributed by atoms with Crippen LogP contribution in [-0.4, -0.2) is 281 Å². The van der Waals surface area contributed by atoms with Crippen LogP contribution in [0.15, 0.2) is 0 Å². The minimum absolute atomic E-state index is 0.0936. The molecule has 0 aromatic carbocycles. The SMILES string of the molecule is CNC[C@H](O)[C@@H](O)[C@H](O)[C@H](O)CO.CNC[C@H](O)[C@@H](O)[C@H](O)[C@H](O)CO.CNC[C@H](O)[C@@H](O)[C@H](O)[C@H](O)CO.CNC[C@H](O)[C@@H](O)[C@H](O)[C@H](O)CO. The first-order chi connectivity index (χ1) is 24.2. The standard InChI is InChI=1S/4C7H17NO5/c4*1-8-2-4(10)6(12)7(13)5(11)3-9/h4*4-13H,2-3H2,1H3/t4*4-,5+,6+,7+/m0000/s1. The van der Waals surface area contributed by atoms with Gasteiger partial charge in [-0.15, -0.1) is 0 Å². The maximum atomic E-state index is 9.21. The van der Waals surface area contributed by atoms with E-state index in [9.17, 15) is 20.4 Å². The van der Waals surface area contributed by atoms with Crippen molar-refractivity contribution in [3.8, 4) is 0 Å². The van der Waals surface area contributed by atoms with Crippen LogP contribution in [-0.2, 0) is 0 Å². The van der Waals surface area contributed by atoms with E-state index >= 15 is 0 Å². The van der Waals surface area contributed by atoms with E-state index in [1.54, 1.807) is 28.2 Å². The van der Waals surface area contributed by atoms with Crippen molar-refractivity contribution in [1.29, 1.82) is 0 Å². The third-order valence-corrected chi connectivity index (χ3v) is 6.95. The first-order valence-electron chi connectivity index (χ1n) is 16.1. The number of hydrogen-bond acceptors (Lipinski definition) is 24. The highest BCUT2D eigenvalue weighted by atomic mass is 16.4. The van der Waals surface area contributed by atoms with E-state index in [0.29, 0.717) is 0 Å². The predicted octanol–water partition coefficient (Wildman–Crippen LogP) is -13.4. The van der Waals surface area contributed by atoms with Gasteiger partial charge >= 0.3 is 0 Å². The Morgan fingerprint density at radius 2 is 0.365 bits per heavy atom. The first-order valence-corrected chi connectivity index (χ1v) is 16.1. The zero-order valence-corrected chi connectivity index (χ0v) is 29.8. The lowest BCUT2D eigenvalue weighted by atomic mass is 10.0. The number of rotatable bonds is 24. The molecule has 0 fully saturated rings. The van der Waals surface area contributed by atoms with Crippen molar-refractivity contribution in [2.24, 2.45) is 0 Å². The summed E-state index contributed by atoms with van der Waals surface area (Å²) in [6.45, 7) is -2.27. The van der Waals surface area contributed by atoms with Gasteiger partial charge in [0.15, 0.2) is 0 Å². The van der Waals surface area contributed by atoms with Gasteiger partial charge in [-0.25, -0.2) is 0 Å². The van der Waals surface area contributed by atoms with Crippen LogP contribution in [0.4, 0.5) is 0 Å². The van der Waals surface area contributed by atoms with Crippen molar-refractivity contribution in [3.63, 3.8) is 0 Å². The summed E-state index contributed by atoms with van der Waals surface area (Å²) in [7, 11) is 6.30. The van der Waals surface area contributed by atoms with Crippen molar-refractivity contribution < 1.29 is 102 Å². The van der Waals surface area contributed by atoms with E-state index in [-0.39, 0.29) is 26.2 Å². The molecular formula is C28H68N4O20. The monoisotopic (exact) mass is 780 g/mol. The van der Waals surface area contributed by atoms with Crippen molar-refractivity contribution >= 4 is 0 Å². The lowest BCUT2D eigenvalue weighted by molar-refractivity contribution is -0.113. The molecule has 24 nitrogen and oxygen atoms in total. The molecule has 0 aliphatic carbocycles. The fourth-order valence-corrected chi connectivity index (χ4v) is 3.57. The minimum atomic E-state index is -1.55. The number of aliphatic hydroxyl groups excluding tert-OH is 20. The largest absolute Gasteiger partial charge is 0.394 e. The predicted molar refractivity (Wildman–Crippen MR) is 180 cm³/mol. The molecule has 0 saturated carbocycles. The van der Waals surface area contributed by atoms with Crippen LogP contribution >= 0.6 is 0 Å². The average molecular weight is 781 g/mol. The van der Waals surface area contributed by atoms with Crippen molar-refractivity contribution in [2.45, 2.75) is 97.7 Å². The van der Waals surface area contributed by atoms with E-state index in [1.165, 1.54) is 0 Å². The Morgan fingerprint density at radius 1 is 0.250 bits per heavy atom. The van der Waals surface area contributed by atoms with Crippen LogP contribution in [0.2, 0.25) is 0 Å². The maximum absolute atomic E-state index is 9.21. The Hall–Kier alpha value is -0.960. The third kappa shape index (κ3) is 25.2. The maximum Gasteiger partial charge on any atom is 0.111 e. The Labute approximate surface area is 302 Å². The van der Waals surface area contributed by atoms with Gasteiger partial charge in [0.2, 0.25) is 0 Å². The summed E-state index contributed by atoms with van der Waals surface area (Å²) in [4.78, 5) is 0. The second-order valence-corrected chi connectivity index (χ2v) is 11.4. The second kappa shape index (κ2) is 34.5. The summed E-state index contributed by atoms with van der Waals surface area (Å²) in [6, 6.07) is 0. The van der Waals surface area contributed by atoms with Crippen LogP contribution in [0, 0.1) is 0 Å². The van der Waals surface area contributed by atoms with Crippen molar-refractivity contribution in [1.82, 2.24) is 21.3 Å². The summed E-state index contributed by atoms with van der Waals surface area (Å²) >= 11 is 0. The van der Waals surface area contributed by atoms with Gasteiger partial charge in [-0.3, -0.25) is 0 Å². The molecule has 0 rings (SSSR count). The Balaban J connectivity index is -0.000000295. The minimum Gasteiger partial charge on any atom is -0.394 e. The molecule has 0 heterocycles. The fraction of sp³-hybridized carbons (Fsp3) is 1.00. The molecule has 0 aliphatic rings. The van der Waals surface area contributed by atoms with E-state index in [2.05, 4.69) is 21.3 Å². The number of hydrogen-bond donors (Lipinski definition) is 24. The Bertz CT molecular complexity index is 656. The molecule has 320 valence electrons. The number of nitrogens with one attached hydrogen (secondary N) is 4. The molecule has 0 unspecified atom stereocenters. The van der Waals surface area contributed by atoms with Crippen LogP contribution in [0.3, 0.4) is 0 Å². The topological polar surface area (TPSA) is 453 Å². The summed E-state index contributed by atoms with van der Waals surface area (Å²) in [5.74, 6) is 0. The summed E-state index contributed by atoms with van der Waals surface area (Å²) in [6.07, 6.45) is -22.6. The molecule has 52 heavy (non-hydrogen) atoms. The lowest BCUT2D eigenvalue weighted by Crippen LogP contribution is -2.48. The molecule has 0 radical (unpaired) electrons. The van der Waals surface area contributed by atoms with Gasteiger partial charge in [-0.05, 0) is 28.2 Å². The van der Waals surface area contributed by atoms with E-state index in [1.807, 2.05) is 0 Å². The molecule has 24 heteroatoms. The molecule has 0 aliphatic heterocycles. The molecule has 0 bridgehead atoms. The Kier molecular flexibility index (Phi) is 38.3. The van der Waals surface area contributed by atoms with Gasteiger partial charge in [-0.1, -0.05) is 0 Å².